The molecular weight excluding hydrogens is 382 g/mol. The van der Waals surface area contributed by atoms with Crippen LogP contribution in [0.5, 0.6) is 0 Å². The number of sulfonamides is 1. The van der Waals surface area contributed by atoms with Gasteiger partial charge in [0.05, 0.1) is 4.90 Å². The van der Waals surface area contributed by atoms with Crippen molar-refractivity contribution in [2.45, 2.75) is 30.1 Å². The minimum absolute atomic E-state index is 0.0768. The molecule has 0 unspecified atom stereocenters. The van der Waals surface area contributed by atoms with Gasteiger partial charge in [0, 0.05) is 22.8 Å². The molecule has 9 heteroatoms. The largest absolute Gasteiger partial charge is 0.326 e. The molecule has 2 aromatic rings. The molecule has 2 aromatic carbocycles. The second kappa shape index (κ2) is 8.15. The van der Waals surface area contributed by atoms with Gasteiger partial charge in [-0.15, -0.1) is 11.8 Å². The lowest BCUT2D eigenvalue weighted by atomic mass is 10.1. The van der Waals surface area contributed by atoms with E-state index in [-0.39, 0.29) is 17.2 Å². The van der Waals surface area contributed by atoms with Crippen molar-refractivity contribution in [3.63, 3.8) is 0 Å². The number of benzene rings is 2. The van der Waals surface area contributed by atoms with Crippen molar-refractivity contribution in [1.82, 2.24) is 0 Å². The summed E-state index contributed by atoms with van der Waals surface area (Å²) in [4.78, 5) is 12.5. The quantitative estimate of drug-likeness (QED) is 0.728. The van der Waals surface area contributed by atoms with Crippen molar-refractivity contribution in [2.75, 3.05) is 11.1 Å². The summed E-state index contributed by atoms with van der Waals surface area (Å²) in [5.41, 5.74) is 1.79. The first-order chi connectivity index (χ1) is 12.1. The zero-order valence-electron chi connectivity index (χ0n) is 14.2. The van der Waals surface area contributed by atoms with E-state index in [1.807, 2.05) is 0 Å². The number of thioether (sulfide) groups is 1. The summed E-state index contributed by atoms with van der Waals surface area (Å²) in [6, 6.07) is 6.30. The molecule has 0 spiro atoms. The molecule has 0 heterocycles. The molecule has 0 aromatic heterocycles. The highest BCUT2D eigenvalue weighted by Gasteiger charge is 2.14. The molecule has 0 atom stereocenters. The average Bonchev–Trinajstić information content (AvgIpc) is 2.54. The number of nitrogens with one attached hydrogen (secondary N) is 1. The maximum atomic E-state index is 13.1. The smallest absolute Gasteiger partial charge is 0.238 e. The standard InChI is InChI=1S/C17H18F2N2O3S2/c1-10-7-13(26(20,23)24)9-16(11(10)2)21-17(22)5-6-25-12-3-4-14(18)15(19)8-12/h3-4,7-9H,5-6H2,1-2H3,(H,21,22)(H2,20,23,24). The van der Waals surface area contributed by atoms with E-state index in [2.05, 4.69) is 5.32 Å². The van der Waals surface area contributed by atoms with Crippen molar-refractivity contribution in [1.29, 1.82) is 0 Å². The van der Waals surface area contributed by atoms with Gasteiger partial charge in [0.25, 0.3) is 0 Å². The molecule has 0 aliphatic carbocycles. The topological polar surface area (TPSA) is 89.3 Å². The Hall–Kier alpha value is -1.97. The van der Waals surface area contributed by atoms with Crippen LogP contribution in [0.2, 0.25) is 0 Å². The Bertz CT molecular complexity index is 947. The number of hydrogen-bond donors (Lipinski definition) is 2. The summed E-state index contributed by atoms with van der Waals surface area (Å²) >= 11 is 1.21. The third-order valence-corrected chi connectivity index (χ3v) is 5.62. The number of aryl methyl sites for hydroxylation is 1. The maximum Gasteiger partial charge on any atom is 0.238 e. The van der Waals surface area contributed by atoms with Crippen LogP contribution in [-0.2, 0) is 14.8 Å². The minimum atomic E-state index is -3.88. The first-order valence-corrected chi connectivity index (χ1v) is 10.1. The van der Waals surface area contributed by atoms with Crippen molar-refractivity contribution in [3.8, 4) is 0 Å². The molecule has 0 aliphatic rings. The SMILES string of the molecule is Cc1cc(S(N)(=O)=O)cc(NC(=O)CCSc2ccc(F)c(F)c2)c1C. The lowest BCUT2D eigenvalue weighted by Crippen LogP contribution is -2.16. The van der Waals surface area contributed by atoms with Crippen LogP contribution in [0.25, 0.3) is 0 Å². The number of halogens is 2. The monoisotopic (exact) mass is 400 g/mol. The second-order valence-corrected chi connectivity index (χ2v) is 8.41. The van der Waals surface area contributed by atoms with Crippen LogP contribution in [0.3, 0.4) is 0 Å². The molecule has 2 rings (SSSR count). The van der Waals surface area contributed by atoms with E-state index in [1.54, 1.807) is 13.8 Å². The van der Waals surface area contributed by atoms with Crippen LogP contribution in [0.15, 0.2) is 40.1 Å². The predicted octanol–water partition coefficient (Wildman–Crippen LogP) is 3.35. The molecule has 26 heavy (non-hydrogen) atoms. The first-order valence-electron chi connectivity index (χ1n) is 7.59. The number of amides is 1. The Morgan fingerprint density at radius 3 is 2.46 bits per heavy atom. The van der Waals surface area contributed by atoms with Crippen LogP contribution >= 0.6 is 11.8 Å². The second-order valence-electron chi connectivity index (χ2n) is 5.68. The molecule has 1 amide bonds. The van der Waals surface area contributed by atoms with Gasteiger partial charge in [-0.05, 0) is 55.3 Å². The van der Waals surface area contributed by atoms with Gasteiger partial charge in [0.15, 0.2) is 11.6 Å². The van der Waals surface area contributed by atoms with Crippen molar-refractivity contribution in [2.24, 2.45) is 5.14 Å². The van der Waals surface area contributed by atoms with Gasteiger partial charge in [-0.2, -0.15) is 0 Å². The maximum absolute atomic E-state index is 13.1. The molecule has 3 N–H and O–H groups in total. The highest BCUT2D eigenvalue weighted by Crippen LogP contribution is 2.25. The van der Waals surface area contributed by atoms with Crippen LogP contribution in [0.4, 0.5) is 14.5 Å². The third-order valence-electron chi connectivity index (χ3n) is 3.73. The summed E-state index contributed by atoms with van der Waals surface area (Å²) in [7, 11) is -3.88. The number of hydrogen-bond acceptors (Lipinski definition) is 4. The Morgan fingerprint density at radius 2 is 1.85 bits per heavy atom. The summed E-state index contributed by atoms with van der Waals surface area (Å²) in [5, 5.41) is 7.81. The van der Waals surface area contributed by atoms with Crippen molar-refractivity contribution >= 4 is 33.4 Å². The van der Waals surface area contributed by atoms with Gasteiger partial charge in [0.2, 0.25) is 15.9 Å². The summed E-state index contributed by atoms with van der Waals surface area (Å²) in [6.45, 7) is 3.48. The Kier molecular flexibility index (Phi) is 6.38. The Labute approximate surface area is 155 Å². The van der Waals surface area contributed by atoms with E-state index < -0.39 is 21.7 Å². The normalized spacial score (nSPS) is 11.4. The summed E-state index contributed by atoms with van der Waals surface area (Å²) < 4.78 is 49.1. The minimum Gasteiger partial charge on any atom is -0.326 e. The molecule has 0 radical (unpaired) electrons. The van der Waals surface area contributed by atoms with Gasteiger partial charge in [-0.25, -0.2) is 22.3 Å². The molecule has 140 valence electrons. The molecular formula is C17H18F2N2O3S2. The highest BCUT2D eigenvalue weighted by atomic mass is 32.2. The third kappa shape index (κ3) is 5.26. The zero-order chi connectivity index (χ0) is 19.5. The molecule has 0 bridgehead atoms. The van der Waals surface area contributed by atoms with Crippen LogP contribution in [-0.4, -0.2) is 20.1 Å². The van der Waals surface area contributed by atoms with E-state index in [0.29, 0.717) is 21.9 Å². The molecule has 0 aliphatic heterocycles. The number of carbonyl (C=O) groups is 1. The fourth-order valence-electron chi connectivity index (χ4n) is 2.16. The summed E-state index contributed by atoms with van der Waals surface area (Å²) in [6.07, 6.45) is 0.113. The van der Waals surface area contributed by atoms with E-state index in [1.165, 1.54) is 30.0 Å². The van der Waals surface area contributed by atoms with Crippen molar-refractivity contribution in [3.05, 3.63) is 53.1 Å². The fourth-order valence-corrected chi connectivity index (χ4v) is 3.66. The molecule has 0 saturated carbocycles. The lowest BCUT2D eigenvalue weighted by molar-refractivity contribution is -0.115. The number of nitrogens with two attached hydrogens (primary N) is 1. The predicted molar refractivity (Wildman–Crippen MR) is 97.6 cm³/mol. The molecule has 0 fully saturated rings. The Balaban J connectivity index is 2.01. The zero-order valence-corrected chi connectivity index (χ0v) is 15.8. The van der Waals surface area contributed by atoms with Gasteiger partial charge < -0.3 is 5.32 Å². The molecule has 5 nitrogen and oxygen atoms in total. The van der Waals surface area contributed by atoms with E-state index in [4.69, 9.17) is 5.14 Å². The number of rotatable bonds is 6. The molecule has 0 saturated heterocycles. The summed E-state index contributed by atoms with van der Waals surface area (Å²) in [5.74, 6) is -1.84. The fraction of sp³-hybridized carbons (Fsp3) is 0.235. The Morgan fingerprint density at radius 1 is 1.15 bits per heavy atom. The number of primary sulfonamides is 1. The van der Waals surface area contributed by atoms with E-state index in [0.717, 1.165) is 17.7 Å². The average molecular weight is 400 g/mol. The van der Waals surface area contributed by atoms with Crippen molar-refractivity contribution < 1.29 is 22.0 Å². The first kappa shape index (κ1) is 20.3. The highest BCUT2D eigenvalue weighted by molar-refractivity contribution is 7.99. The van der Waals surface area contributed by atoms with Crippen LogP contribution < -0.4 is 10.5 Å². The van der Waals surface area contributed by atoms with Crippen LogP contribution in [0.1, 0.15) is 17.5 Å². The van der Waals surface area contributed by atoms with E-state index >= 15 is 0 Å². The number of carbonyl (C=O) groups excluding carboxylic acids is 1. The van der Waals surface area contributed by atoms with Gasteiger partial charge in [-0.3, -0.25) is 4.79 Å². The van der Waals surface area contributed by atoms with Gasteiger partial charge in [-0.1, -0.05) is 0 Å². The lowest BCUT2D eigenvalue weighted by Gasteiger charge is -2.12. The van der Waals surface area contributed by atoms with E-state index in [9.17, 15) is 22.0 Å². The van der Waals surface area contributed by atoms with Gasteiger partial charge in [0.1, 0.15) is 0 Å². The van der Waals surface area contributed by atoms with Crippen LogP contribution in [0, 0.1) is 25.5 Å². The van der Waals surface area contributed by atoms with Gasteiger partial charge >= 0.3 is 0 Å². The number of anilines is 1.